The Kier molecular flexibility index (Phi) is 4.65. The molecule has 1 unspecified atom stereocenters. The lowest BCUT2D eigenvalue weighted by atomic mass is 10.2. The first-order valence-electron chi connectivity index (χ1n) is 5.72. The Morgan fingerprint density at radius 2 is 2.11 bits per heavy atom. The summed E-state index contributed by atoms with van der Waals surface area (Å²) in [5.41, 5.74) is 5.80. The van der Waals surface area contributed by atoms with E-state index in [-0.39, 0.29) is 17.3 Å². The van der Waals surface area contributed by atoms with Gasteiger partial charge in [-0.1, -0.05) is 13.0 Å². The molecule has 0 spiro atoms. The first-order valence-corrected chi connectivity index (χ1v) is 7.16. The summed E-state index contributed by atoms with van der Waals surface area (Å²) in [4.78, 5) is -0.0641. The number of halogens is 1. The van der Waals surface area contributed by atoms with Crippen LogP contribution in [0.3, 0.4) is 0 Å². The normalized spacial score (nSPS) is 13.5. The first-order chi connectivity index (χ1) is 8.66. The average Bonchev–Trinajstić information content (AvgIpc) is 2.31. The molecule has 0 aromatic heterocycles. The lowest BCUT2D eigenvalue weighted by Crippen LogP contribution is -2.36. The van der Waals surface area contributed by atoms with Crippen molar-refractivity contribution in [3.8, 4) is 0 Å². The fraction of sp³-hybridized carbons (Fsp3) is 0.417. The fourth-order valence-electron chi connectivity index (χ4n) is 1.60. The number of hydrogen-bond acceptors (Lipinski definition) is 3. The van der Waals surface area contributed by atoms with Gasteiger partial charge in [-0.3, -0.25) is 5.41 Å². The maximum atomic E-state index is 13.2. The molecule has 1 aromatic carbocycles. The van der Waals surface area contributed by atoms with Crippen molar-refractivity contribution in [2.45, 2.75) is 18.7 Å². The third-order valence-electron chi connectivity index (χ3n) is 2.90. The van der Waals surface area contributed by atoms with E-state index in [1.54, 1.807) is 13.8 Å². The molecule has 0 heterocycles. The highest BCUT2D eigenvalue weighted by atomic mass is 32.2. The molecule has 0 aliphatic rings. The summed E-state index contributed by atoms with van der Waals surface area (Å²) >= 11 is 0. The first kappa shape index (κ1) is 15.6. The smallest absolute Gasteiger partial charge is 0.243 e. The standard InChI is InChI=1S/C12H18FN3O2S/c1-8-4-5-10(13)6-11(8)19(17,18)16(3)7-9(2)12(14)15/h4-6,9H,7H2,1-3H3,(H3,14,15). The Morgan fingerprint density at radius 3 is 2.63 bits per heavy atom. The molecule has 1 aromatic rings. The molecule has 0 saturated carbocycles. The van der Waals surface area contributed by atoms with E-state index in [2.05, 4.69) is 0 Å². The second kappa shape index (κ2) is 5.66. The van der Waals surface area contributed by atoms with Crippen LogP contribution in [0.5, 0.6) is 0 Å². The number of rotatable bonds is 5. The summed E-state index contributed by atoms with van der Waals surface area (Å²) < 4.78 is 38.9. The number of nitrogens with one attached hydrogen (secondary N) is 1. The number of hydrogen-bond donors (Lipinski definition) is 2. The second-order valence-corrected chi connectivity index (χ2v) is 6.57. The number of aryl methyl sites for hydroxylation is 1. The minimum Gasteiger partial charge on any atom is -0.387 e. The number of benzene rings is 1. The van der Waals surface area contributed by atoms with Gasteiger partial charge in [0.1, 0.15) is 5.82 Å². The molecular weight excluding hydrogens is 269 g/mol. The van der Waals surface area contributed by atoms with Crippen LogP contribution in [0.1, 0.15) is 12.5 Å². The van der Waals surface area contributed by atoms with Crippen molar-refractivity contribution >= 4 is 15.9 Å². The third kappa shape index (κ3) is 3.51. The SMILES string of the molecule is Cc1ccc(F)cc1S(=O)(=O)N(C)CC(C)C(=N)N. The predicted octanol–water partition coefficient (Wildman–Crippen LogP) is 1.33. The van der Waals surface area contributed by atoms with E-state index in [0.29, 0.717) is 5.56 Å². The van der Waals surface area contributed by atoms with Crippen LogP contribution < -0.4 is 5.73 Å². The Labute approximate surface area is 112 Å². The molecule has 0 saturated heterocycles. The maximum absolute atomic E-state index is 13.2. The maximum Gasteiger partial charge on any atom is 0.243 e. The van der Waals surface area contributed by atoms with Gasteiger partial charge >= 0.3 is 0 Å². The van der Waals surface area contributed by atoms with E-state index in [1.807, 2.05) is 0 Å². The van der Waals surface area contributed by atoms with E-state index in [1.165, 1.54) is 19.2 Å². The summed E-state index contributed by atoms with van der Waals surface area (Å²) in [5, 5.41) is 7.28. The monoisotopic (exact) mass is 287 g/mol. The van der Waals surface area contributed by atoms with Gasteiger partial charge in [-0.2, -0.15) is 0 Å². The van der Waals surface area contributed by atoms with Crippen LogP contribution in [0, 0.1) is 24.1 Å². The van der Waals surface area contributed by atoms with Gasteiger partial charge in [-0.25, -0.2) is 17.1 Å². The summed E-state index contributed by atoms with van der Waals surface area (Å²) in [6, 6.07) is 3.64. The molecule has 1 rings (SSSR count). The zero-order valence-corrected chi connectivity index (χ0v) is 12.0. The van der Waals surface area contributed by atoms with Crippen molar-refractivity contribution in [1.82, 2.24) is 4.31 Å². The lowest BCUT2D eigenvalue weighted by molar-refractivity contribution is 0.442. The highest BCUT2D eigenvalue weighted by molar-refractivity contribution is 7.89. The lowest BCUT2D eigenvalue weighted by Gasteiger charge is -2.21. The van der Waals surface area contributed by atoms with E-state index in [4.69, 9.17) is 11.1 Å². The van der Waals surface area contributed by atoms with Crippen LogP contribution in [-0.2, 0) is 10.0 Å². The molecule has 3 N–H and O–H groups in total. The van der Waals surface area contributed by atoms with Gasteiger partial charge in [0.05, 0.1) is 10.7 Å². The minimum atomic E-state index is -3.78. The topological polar surface area (TPSA) is 87.2 Å². The van der Waals surface area contributed by atoms with Crippen molar-refractivity contribution in [3.05, 3.63) is 29.6 Å². The molecule has 19 heavy (non-hydrogen) atoms. The number of amidine groups is 1. The van der Waals surface area contributed by atoms with E-state index in [9.17, 15) is 12.8 Å². The van der Waals surface area contributed by atoms with Crippen LogP contribution in [-0.4, -0.2) is 32.2 Å². The quantitative estimate of drug-likeness (QED) is 0.632. The second-order valence-electron chi connectivity index (χ2n) is 4.55. The predicted molar refractivity (Wildman–Crippen MR) is 72.0 cm³/mol. The van der Waals surface area contributed by atoms with Gasteiger partial charge in [0.15, 0.2) is 0 Å². The van der Waals surface area contributed by atoms with Crippen molar-refractivity contribution in [3.63, 3.8) is 0 Å². The van der Waals surface area contributed by atoms with Crippen molar-refractivity contribution < 1.29 is 12.8 Å². The number of sulfonamides is 1. The Morgan fingerprint density at radius 1 is 1.53 bits per heavy atom. The van der Waals surface area contributed by atoms with Gasteiger partial charge in [-0.05, 0) is 24.6 Å². The van der Waals surface area contributed by atoms with Crippen LogP contribution in [0.4, 0.5) is 4.39 Å². The molecule has 1 atom stereocenters. The molecule has 0 bridgehead atoms. The van der Waals surface area contributed by atoms with Crippen molar-refractivity contribution in [2.24, 2.45) is 11.7 Å². The zero-order valence-electron chi connectivity index (χ0n) is 11.1. The summed E-state index contributed by atoms with van der Waals surface area (Å²) in [7, 11) is -2.39. The Bertz CT molecular complexity index is 587. The van der Waals surface area contributed by atoms with Gasteiger partial charge in [0, 0.05) is 19.5 Å². The molecular formula is C12H18FN3O2S. The molecule has 0 aliphatic heterocycles. The van der Waals surface area contributed by atoms with E-state index in [0.717, 1.165) is 10.4 Å². The molecule has 0 aliphatic carbocycles. The van der Waals surface area contributed by atoms with E-state index >= 15 is 0 Å². The molecule has 0 radical (unpaired) electrons. The number of nitrogens with zero attached hydrogens (tertiary/aromatic N) is 1. The van der Waals surface area contributed by atoms with Crippen molar-refractivity contribution in [2.75, 3.05) is 13.6 Å². The van der Waals surface area contributed by atoms with E-state index < -0.39 is 21.8 Å². The molecule has 5 nitrogen and oxygen atoms in total. The molecule has 7 heteroatoms. The minimum absolute atomic E-state index is 0.0641. The highest BCUT2D eigenvalue weighted by Gasteiger charge is 2.25. The summed E-state index contributed by atoms with van der Waals surface area (Å²) in [6.07, 6.45) is 0. The van der Waals surface area contributed by atoms with Crippen LogP contribution in [0.25, 0.3) is 0 Å². The summed E-state index contributed by atoms with van der Waals surface area (Å²) in [5.74, 6) is -1.08. The van der Waals surface area contributed by atoms with Crippen LogP contribution >= 0.6 is 0 Å². The molecule has 0 fully saturated rings. The van der Waals surface area contributed by atoms with Crippen molar-refractivity contribution in [1.29, 1.82) is 5.41 Å². The molecule has 0 amide bonds. The van der Waals surface area contributed by atoms with Gasteiger partial charge < -0.3 is 5.73 Å². The third-order valence-corrected chi connectivity index (χ3v) is 4.87. The Hall–Kier alpha value is -1.47. The Balaban J connectivity index is 3.10. The molecule has 106 valence electrons. The average molecular weight is 287 g/mol. The largest absolute Gasteiger partial charge is 0.387 e. The van der Waals surface area contributed by atoms with Gasteiger partial charge in [0.25, 0.3) is 0 Å². The van der Waals surface area contributed by atoms with Gasteiger partial charge in [-0.15, -0.1) is 0 Å². The number of nitrogens with two attached hydrogens (primary N) is 1. The van der Waals surface area contributed by atoms with Crippen LogP contribution in [0.15, 0.2) is 23.1 Å². The zero-order chi connectivity index (χ0) is 14.8. The van der Waals surface area contributed by atoms with Gasteiger partial charge in [0.2, 0.25) is 10.0 Å². The van der Waals surface area contributed by atoms with Crippen LogP contribution in [0.2, 0.25) is 0 Å². The summed E-state index contributed by atoms with van der Waals surface area (Å²) in [6.45, 7) is 3.34. The fourth-order valence-corrected chi connectivity index (χ4v) is 3.09. The highest BCUT2D eigenvalue weighted by Crippen LogP contribution is 2.20.